The van der Waals surface area contributed by atoms with Gasteiger partial charge in [0, 0.05) is 18.9 Å². The van der Waals surface area contributed by atoms with Crippen LogP contribution in [-0.4, -0.2) is 4.98 Å². The van der Waals surface area contributed by atoms with Crippen LogP contribution in [0.1, 0.15) is 5.56 Å². The molecule has 0 aromatic carbocycles. The average Bonchev–Trinajstić information content (AvgIpc) is 2.14. The van der Waals surface area contributed by atoms with Crippen LogP contribution in [0.4, 0.5) is 0 Å². The first-order valence-electron chi connectivity index (χ1n) is 2.25. The highest BCUT2D eigenvalue weighted by Gasteiger charge is 1.81. The highest BCUT2D eigenvalue weighted by molar-refractivity contribution is 5.85. The molecule has 0 saturated heterocycles. The van der Waals surface area contributed by atoms with Gasteiger partial charge < -0.3 is 10.7 Å². The number of hydrogen-bond donors (Lipinski definition) is 2. The van der Waals surface area contributed by atoms with Crippen molar-refractivity contribution in [1.82, 2.24) is 4.98 Å². The largest absolute Gasteiger partial charge is 0.367 e. The zero-order chi connectivity index (χ0) is 5.11. The summed E-state index contributed by atoms with van der Waals surface area (Å²) in [5.41, 5.74) is 6.43. The fourth-order valence-electron chi connectivity index (χ4n) is 0.485. The summed E-state index contributed by atoms with van der Waals surface area (Å²) in [7, 11) is 0. The quantitative estimate of drug-likeness (QED) is 0.586. The Morgan fingerprint density at radius 2 is 2.38 bits per heavy atom. The van der Waals surface area contributed by atoms with Crippen molar-refractivity contribution < 1.29 is 0 Å². The smallest absolute Gasteiger partial charge is 0.0193 e. The number of halogens is 1. The Morgan fingerprint density at radius 1 is 1.62 bits per heavy atom. The van der Waals surface area contributed by atoms with E-state index in [4.69, 9.17) is 5.73 Å². The van der Waals surface area contributed by atoms with Gasteiger partial charge in [-0.1, -0.05) is 0 Å². The van der Waals surface area contributed by atoms with Crippen molar-refractivity contribution in [3.05, 3.63) is 24.0 Å². The highest BCUT2D eigenvalue weighted by atomic mass is 35.5. The number of aromatic amines is 1. The van der Waals surface area contributed by atoms with Crippen molar-refractivity contribution in [3.8, 4) is 0 Å². The first-order chi connectivity index (χ1) is 3.43. The maximum Gasteiger partial charge on any atom is 0.0193 e. The summed E-state index contributed by atoms with van der Waals surface area (Å²) in [6.07, 6.45) is 3.75. The summed E-state index contributed by atoms with van der Waals surface area (Å²) in [6.45, 7) is 0.628. The Morgan fingerprint density at radius 3 is 2.62 bits per heavy atom. The van der Waals surface area contributed by atoms with E-state index in [1.165, 1.54) is 0 Å². The topological polar surface area (TPSA) is 41.8 Å². The number of nitrogens with two attached hydrogens (primary N) is 1. The lowest BCUT2D eigenvalue weighted by molar-refractivity contribution is 1.07. The summed E-state index contributed by atoms with van der Waals surface area (Å²) in [5, 5.41) is 0. The lowest BCUT2D eigenvalue weighted by Crippen LogP contribution is -1.92. The Bertz CT molecular complexity index is 125. The van der Waals surface area contributed by atoms with E-state index in [0.29, 0.717) is 6.54 Å². The summed E-state index contributed by atoms with van der Waals surface area (Å²) < 4.78 is 0. The van der Waals surface area contributed by atoms with Gasteiger partial charge in [-0.15, -0.1) is 12.4 Å². The fraction of sp³-hybridized carbons (Fsp3) is 0.200. The van der Waals surface area contributed by atoms with Gasteiger partial charge >= 0.3 is 0 Å². The number of nitrogens with one attached hydrogen (secondary N) is 1. The summed E-state index contributed by atoms with van der Waals surface area (Å²) in [6, 6.07) is 1.96. The lowest BCUT2D eigenvalue weighted by Gasteiger charge is -1.79. The normalized spacial score (nSPS) is 8.12. The molecule has 1 heterocycles. The zero-order valence-corrected chi connectivity index (χ0v) is 5.24. The molecule has 1 rings (SSSR count). The van der Waals surface area contributed by atoms with Crippen LogP contribution in [0.15, 0.2) is 18.5 Å². The molecular formula is C5H9ClN2. The van der Waals surface area contributed by atoms with Crippen LogP contribution in [-0.2, 0) is 6.54 Å². The van der Waals surface area contributed by atoms with Gasteiger partial charge in [-0.2, -0.15) is 0 Å². The predicted octanol–water partition coefficient (Wildman–Crippen LogP) is 0.895. The standard InChI is InChI=1S/C5H8N2.ClH/c6-3-5-1-2-7-4-5;/h1-2,4,7H,3,6H2;1H. The van der Waals surface area contributed by atoms with Gasteiger partial charge in [-0.3, -0.25) is 0 Å². The molecule has 0 atom stereocenters. The van der Waals surface area contributed by atoms with Gasteiger partial charge in [0.2, 0.25) is 0 Å². The highest BCUT2D eigenvalue weighted by Crippen LogP contribution is 1.91. The van der Waals surface area contributed by atoms with Crippen LogP contribution in [0.2, 0.25) is 0 Å². The summed E-state index contributed by atoms with van der Waals surface area (Å²) in [5.74, 6) is 0. The van der Waals surface area contributed by atoms with Gasteiger partial charge in [0.1, 0.15) is 0 Å². The van der Waals surface area contributed by atoms with Crippen molar-refractivity contribution in [1.29, 1.82) is 0 Å². The molecule has 3 heteroatoms. The number of aromatic nitrogens is 1. The van der Waals surface area contributed by atoms with E-state index in [9.17, 15) is 0 Å². The van der Waals surface area contributed by atoms with Gasteiger partial charge in [-0.25, -0.2) is 0 Å². The van der Waals surface area contributed by atoms with E-state index < -0.39 is 0 Å². The molecule has 46 valence electrons. The molecule has 0 fully saturated rings. The van der Waals surface area contributed by atoms with E-state index in [1.807, 2.05) is 18.5 Å². The molecular weight excluding hydrogens is 124 g/mol. The van der Waals surface area contributed by atoms with E-state index in [0.717, 1.165) is 5.56 Å². The molecule has 3 N–H and O–H groups in total. The minimum absolute atomic E-state index is 0. The molecule has 1 aromatic rings. The van der Waals surface area contributed by atoms with Crippen LogP contribution in [0.25, 0.3) is 0 Å². The maximum absolute atomic E-state index is 5.27. The molecule has 0 saturated carbocycles. The molecule has 8 heavy (non-hydrogen) atoms. The van der Waals surface area contributed by atoms with Crippen molar-refractivity contribution in [3.63, 3.8) is 0 Å². The molecule has 0 bridgehead atoms. The van der Waals surface area contributed by atoms with Gasteiger partial charge in [0.05, 0.1) is 0 Å². The first-order valence-corrected chi connectivity index (χ1v) is 2.25. The summed E-state index contributed by atoms with van der Waals surface area (Å²) in [4.78, 5) is 2.90. The molecule has 0 unspecified atom stereocenters. The maximum atomic E-state index is 5.27. The Kier molecular flexibility index (Phi) is 3.31. The minimum Gasteiger partial charge on any atom is -0.367 e. The predicted molar refractivity (Wildman–Crippen MR) is 35.9 cm³/mol. The molecule has 0 spiro atoms. The Hall–Kier alpha value is -0.470. The Labute approximate surface area is 54.5 Å². The SMILES string of the molecule is Cl.NCc1cc[nH]c1. The number of rotatable bonds is 1. The van der Waals surface area contributed by atoms with E-state index in [-0.39, 0.29) is 12.4 Å². The third-order valence-electron chi connectivity index (χ3n) is 0.898. The van der Waals surface area contributed by atoms with Crippen LogP contribution < -0.4 is 5.73 Å². The third-order valence-corrected chi connectivity index (χ3v) is 0.898. The van der Waals surface area contributed by atoms with Gasteiger partial charge in [-0.05, 0) is 11.6 Å². The van der Waals surface area contributed by atoms with Crippen molar-refractivity contribution in [2.24, 2.45) is 5.73 Å². The average molecular weight is 133 g/mol. The van der Waals surface area contributed by atoms with Crippen LogP contribution in [0.5, 0.6) is 0 Å². The van der Waals surface area contributed by atoms with E-state index >= 15 is 0 Å². The zero-order valence-electron chi connectivity index (χ0n) is 4.42. The van der Waals surface area contributed by atoms with Gasteiger partial charge in [0.25, 0.3) is 0 Å². The summed E-state index contributed by atoms with van der Waals surface area (Å²) >= 11 is 0. The monoisotopic (exact) mass is 132 g/mol. The van der Waals surface area contributed by atoms with E-state index in [2.05, 4.69) is 4.98 Å². The molecule has 0 aliphatic rings. The fourth-order valence-corrected chi connectivity index (χ4v) is 0.485. The minimum atomic E-state index is 0. The molecule has 0 amide bonds. The van der Waals surface area contributed by atoms with Crippen molar-refractivity contribution in [2.45, 2.75) is 6.54 Å². The Balaban J connectivity index is 0.000000490. The molecule has 0 aliphatic carbocycles. The van der Waals surface area contributed by atoms with Crippen LogP contribution >= 0.6 is 12.4 Å². The van der Waals surface area contributed by atoms with E-state index in [1.54, 1.807) is 0 Å². The second-order valence-corrected chi connectivity index (χ2v) is 1.42. The van der Waals surface area contributed by atoms with Crippen LogP contribution in [0, 0.1) is 0 Å². The van der Waals surface area contributed by atoms with Crippen LogP contribution in [0.3, 0.4) is 0 Å². The molecule has 0 radical (unpaired) electrons. The molecule has 0 aliphatic heterocycles. The van der Waals surface area contributed by atoms with Crippen molar-refractivity contribution in [2.75, 3.05) is 0 Å². The number of hydrogen-bond acceptors (Lipinski definition) is 1. The third kappa shape index (κ3) is 1.56. The first kappa shape index (κ1) is 7.53. The van der Waals surface area contributed by atoms with Gasteiger partial charge in [0.15, 0.2) is 0 Å². The molecule has 2 nitrogen and oxygen atoms in total. The van der Waals surface area contributed by atoms with Crippen molar-refractivity contribution >= 4 is 12.4 Å². The lowest BCUT2D eigenvalue weighted by atomic mass is 10.4. The second-order valence-electron chi connectivity index (χ2n) is 1.42. The molecule has 1 aromatic heterocycles. The number of H-pyrrole nitrogens is 1. The second kappa shape index (κ2) is 3.52.